The molecule has 0 bridgehead atoms. The number of ketones is 1. The van der Waals surface area contributed by atoms with Crippen molar-refractivity contribution in [3.05, 3.63) is 30.6 Å². The van der Waals surface area contributed by atoms with Crippen LogP contribution in [0.1, 0.15) is 0 Å². The first-order chi connectivity index (χ1) is 8.15. The van der Waals surface area contributed by atoms with E-state index in [2.05, 4.69) is 4.98 Å². The van der Waals surface area contributed by atoms with Gasteiger partial charge in [0.2, 0.25) is 5.78 Å². The molecule has 0 fully saturated rings. The highest BCUT2D eigenvalue weighted by molar-refractivity contribution is 6.86. The van der Waals surface area contributed by atoms with Crippen LogP contribution in [0.5, 0.6) is 0 Å². The molecular weight excluding hydrogens is 371 g/mol. The van der Waals surface area contributed by atoms with Gasteiger partial charge in [0.15, 0.2) is 0 Å². The van der Waals surface area contributed by atoms with Crippen molar-refractivity contribution in [2.24, 2.45) is 0 Å². The quantitative estimate of drug-likeness (QED) is 0.399. The summed E-state index contributed by atoms with van der Waals surface area (Å²) in [6.45, 7) is 0. The molecule has 2 N–H and O–H groups in total. The largest absolute Gasteiger partial charge is 0.290 e. The van der Waals surface area contributed by atoms with Gasteiger partial charge in [-0.05, 0) is 12.1 Å². The smallest absolute Gasteiger partial charge is 0.253 e. The van der Waals surface area contributed by atoms with E-state index in [1.165, 1.54) is 0 Å². The number of hydrogen-bond acceptors (Lipinski definition) is 4. The molecule has 1 rings (SSSR count). The molecule has 4 nitrogen and oxygen atoms in total. The second-order valence-electron chi connectivity index (χ2n) is 2.35. The van der Waals surface area contributed by atoms with Crippen LogP contribution in [0.4, 0.5) is 0 Å². The highest BCUT2D eigenvalue weighted by Gasteiger charge is 2.44. The van der Waals surface area contributed by atoms with Crippen molar-refractivity contribution >= 4 is 75.4 Å². The van der Waals surface area contributed by atoms with E-state index in [0.717, 1.165) is 0 Å². The fourth-order valence-corrected chi connectivity index (χ4v) is 1.76. The molecule has 1 heterocycles. The summed E-state index contributed by atoms with van der Waals surface area (Å²) in [6, 6.07) is 5.72. The summed E-state index contributed by atoms with van der Waals surface area (Å²) >= 11 is 30.6. The molecule has 0 atom stereocenters. The Hall–Kier alpha value is 0.480. The van der Waals surface area contributed by atoms with Crippen LogP contribution in [0.3, 0.4) is 0 Å². The van der Waals surface area contributed by atoms with Crippen LogP contribution in [-0.4, -0.2) is 28.9 Å². The normalized spacial score (nSPS) is 10.4. The fraction of sp³-hybridized carbons (Fsp3) is 0.250. The predicted octanol–water partition coefficient (Wildman–Crippen LogP) is 4.39. The minimum atomic E-state index is -2.18. The van der Waals surface area contributed by atoms with E-state index in [0.29, 0.717) is 0 Å². The predicted molar refractivity (Wildman–Crippen MR) is 75.1 cm³/mol. The molecule has 0 spiro atoms. The zero-order valence-electron chi connectivity index (χ0n) is 8.40. The Morgan fingerprint density at radius 2 is 1.17 bits per heavy atom. The molecule has 10 heteroatoms. The molecule has 18 heavy (non-hydrogen) atoms. The number of carbonyl (C=O) groups excluding carboxylic acids is 1. The third kappa shape index (κ3) is 11.6. The molecule has 104 valence electrons. The molecule has 0 saturated carbocycles. The van der Waals surface area contributed by atoms with Gasteiger partial charge in [0.25, 0.3) is 7.59 Å². The van der Waals surface area contributed by atoms with E-state index in [-0.39, 0.29) is 0 Å². The van der Waals surface area contributed by atoms with Crippen molar-refractivity contribution in [3.8, 4) is 0 Å². The molecule has 1 aromatic heterocycles. The number of alkyl halides is 6. The summed E-state index contributed by atoms with van der Waals surface area (Å²) in [5.74, 6) is -1.09. The van der Waals surface area contributed by atoms with Crippen LogP contribution in [0, 0.1) is 0 Å². The Kier molecular flexibility index (Phi) is 11.9. The third-order valence-corrected chi connectivity index (χ3v) is 2.11. The van der Waals surface area contributed by atoms with E-state index in [1.54, 1.807) is 12.4 Å². The van der Waals surface area contributed by atoms with E-state index in [9.17, 15) is 4.79 Å². The molecule has 0 saturated heterocycles. The Labute approximate surface area is 133 Å². The Morgan fingerprint density at radius 3 is 1.22 bits per heavy atom. The number of carbonyl (C=O) groups is 1. The number of hydrogen-bond donors (Lipinski definition) is 2. The fourth-order valence-electron chi connectivity index (χ4n) is 0.473. The van der Waals surface area contributed by atoms with Gasteiger partial charge in [0.05, 0.1) is 0 Å². The van der Waals surface area contributed by atoms with Crippen LogP contribution >= 0.6 is 69.6 Å². The van der Waals surface area contributed by atoms with E-state index in [4.69, 9.17) is 80.1 Å². The van der Waals surface area contributed by atoms with Crippen LogP contribution in [0.25, 0.3) is 0 Å². The lowest BCUT2D eigenvalue weighted by Crippen LogP contribution is -2.31. The maximum absolute atomic E-state index is 10.7. The van der Waals surface area contributed by atoms with Crippen molar-refractivity contribution in [3.63, 3.8) is 0 Å². The highest BCUT2D eigenvalue weighted by atomic mass is 35.6. The molecule has 0 aliphatic rings. The molecule has 1 aromatic rings. The lowest BCUT2D eigenvalue weighted by molar-refractivity contribution is -0.176. The van der Waals surface area contributed by atoms with Crippen molar-refractivity contribution in [1.82, 2.24) is 4.98 Å². The summed E-state index contributed by atoms with van der Waals surface area (Å²) in [5, 5.41) is 12.0. The second-order valence-corrected chi connectivity index (χ2v) is 6.91. The van der Waals surface area contributed by atoms with Gasteiger partial charge in [-0.3, -0.25) is 20.3 Å². The third-order valence-electron chi connectivity index (χ3n) is 1.08. The zero-order valence-corrected chi connectivity index (χ0v) is 12.9. The molecule has 0 radical (unpaired) electrons. The van der Waals surface area contributed by atoms with E-state index >= 15 is 0 Å². The van der Waals surface area contributed by atoms with Gasteiger partial charge in [0.1, 0.15) is 0 Å². The second kappa shape index (κ2) is 10.3. The first-order valence-corrected chi connectivity index (χ1v) is 6.16. The first-order valence-electron chi connectivity index (χ1n) is 3.89. The van der Waals surface area contributed by atoms with Gasteiger partial charge in [-0.1, -0.05) is 75.7 Å². The van der Waals surface area contributed by atoms with Gasteiger partial charge in [-0.2, -0.15) is 0 Å². The van der Waals surface area contributed by atoms with E-state index < -0.39 is 13.4 Å². The number of pyridine rings is 1. The zero-order chi connectivity index (χ0) is 14.8. The Bertz CT molecular complexity index is 281. The summed E-state index contributed by atoms with van der Waals surface area (Å²) in [7, 11) is 0. The summed E-state index contributed by atoms with van der Waals surface area (Å²) in [6.07, 6.45) is 3.50. The molecule has 0 aliphatic carbocycles. The molecular formula is C8H7Cl6NO3. The van der Waals surface area contributed by atoms with Crippen molar-refractivity contribution < 1.29 is 15.3 Å². The number of halogens is 6. The first kappa shape index (κ1) is 20.8. The molecule has 0 aromatic carbocycles. The van der Waals surface area contributed by atoms with E-state index in [1.807, 2.05) is 18.2 Å². The number of rotatable bonds is 0. The topological polar surface area (TPSA) is 70.4 Å². The van der Waals surface area contributed by atoms with Gasteiger partial charge < -0.3 is 0 Å². The summed E-state index contributed by atoms with van der Waals surface area (Å²) < 4.78 is -4.35. The van der Waals surface area contributed by atoms with Crippen LogP contribution in [0.15, 0.2) is 30.6 Å². The van der Waals surface area contributed by atoms with Crippen molar-refractivity contribution in [1.29, 1.82) is 0 Å². The summed E-state index contributed by atoms with van der Waals surface area (Å²) in [4.78, 5) is 14.5. The van der Waals surface area contributed by atoms with Gasteiger partial charge in [-0.25, -0.2) is 0 Å². The summed E-state index contributed by atoms with van der Waals surface area (Å²) in [5.41, 5.74) is 0. The Morgan fingerprint density at radius 1 is 0.833 bits per heavy atom. The number of Topliss-reactive ketones (excluding diaryl/α,β-unsaturated/α-hetero) is 1. The van der Waals surface area contributed by atoms with Gasteiger partial charge in [-0.15, -0.1) is 0 Å². The maximum atomic E-state index is 10.7. The maximum Gasteiger partial charge on any atom is 0.253 e. The number of nitrogens with zero attached hydrogens (tertiary/aromatic N) is 1. The lowest BCUT2D eigenvalue weighted by atomic mass is 10.5. The van der Waals surface area contributed by atoms with Gasteiger partial charge in [0, 0.05) is 12.4 Å². The van der Waals surface area contributed by atoms with Crippen molar-refractivity contribution in [2.75, 3.05) is 0 Å². The monoisotopic (exact) mass is 375 g/mol. The average Bonchev–Trinajstić information content (AvgIpc) is 2.31. The minimum absolute atomic E-state index is 1.09. The molecule has 0 unspecified atom stereocenters. The highest BCUT2D eigenvalue weighted by Crippen LogP contribution is 2.39. The Balaban J connectivity index is 0. The number of aromatic nitrogens is 1. The minimum Gasteiger partial charge on any atom is -0.290 e. The van der Waals surface area contributed by atoms with Crippen LogP contribution in [0.2, 0.25) is 0 Å². The standard InChI is InChI=1S/C5H5N.C3Cl6O.H2O2/c1-2-4-6-5-3-1;4-2(5,6)1(10)3(7,8)9;1-2/h1-5H;;1-2H. The SMILES string of the molecule is O=C(C(Cl)(Cl)Cl)C(Cl)(Cl)Cl.OO.c1ccncc1. The van der Waals surface area contributed by atoms with Gasteiger partial charge >= 0.3 is 0 Å². The van der Waals surface area contributed by atoms with Crippen molar-refractivity contribution in [2.45, 2.75) is 7.59 Å². The van der Waals surface area contributed by atoms with Crippen LogP contribution in [-0.2, 0) is 4.79 Å². The lowest BCUT2D eigenvalue weighted by Gasteiger charge is -2.14. The van der Waals surface area contributed by atoms with Crippen LogP contribution < -0.4 is 0 Å². The molecule has 0 aliphatic heterocycles. The average molecular weight is 378 g/mol. The molecule has 0 amide bonds.